The summed E-state index contributed by atoms with van der Waals surface area (Å²) in [6.07, 6.45) is 0. The van der Waals surface area contributed by atoms with Gasteiger partial charge in [-0.25, -0.2) is 8.42 Å². The predicted octanol–water partition coefficient (Wildman–Crippen LogP) is 3.20. The molecule has 1 heterocycles. The Labute approximate surface area is 143 Å². The highest BCUT2D eigenvalue weighted by Gasteiger charge is 2.17. The summed E-state index contributed by atoms with van der Waals surface area (Å²) in [5.74, 6) is -0.526. The van der Waals surface area contributed by atoms with E-state index in [2.05, 4.69) is 42.1 Å². The molecule has 0 saturated heterocycles. The topological polar surface area (TPSA) is 75.3 Å². The molecule has 0 saturated carbocycles. The fourth-order valence-electron chi connectivity index (χ4n) is 1.41. The van der Waals surface area contributed by atoms with Crippen molar-refractivity contribution in [1.29, 1.82) is 0 Å². The Morgan fingerprint density at radius 3 is 2.33 bits per heavy atom. The zero-order valence-electron chi connectivity index (χ0n) is 10.7. The van der Waals surface area contributed by atoms with E-state index in [9.17, 15) is 13.2 Å². The van der Waals surface area contributed by atoms with E-state index >= 15 is 0 Å². The highest BCUT2D eigenvalue weighted by molar-refractivity contribution is 9.13. The lowest BCUT2D eigenvalue weighted by Gasteiger charge is -2.07. The average Bonchev–Trinajstić information content (AvgIpc) is 2.77. The molecule has 112 valence electrons. The molecular weight excluding hydrogens is 444 g/mol. The first-order valence-corrected chi connectivity index (χ1v) is 9.52. The van der Waals surface area contributed by atoms with Crippen LogP contribution in [0.2, 0.25) is 0 Å². The Morgan fingerprint density at radius 2 is 1.81 bits per heavy atom. The third-order valence-corrected chi connectivity index (χ3v) is 7.02. The number of hydrogen-bond donors (Lipinski definition) is 2. The van der Waals surface area contributed by atoms with Gasteiger partial charge in [-0.1, -0.05) is 17.7 Å². The first-order chi connectivity index (χ1) is 9.79. The van der Waals surface area contributed by atoms with Crippen molar-refractivity contribution < 1.29 is 13.2 Å². The number of nitrogens with one attached hydrogen (secondary N) is 2. The molecular formula is C12H10Br2N2O3S2. The van der Waals surface area contributed by atoms with Crippen LogP contribution in [-0.2, 0) is 10.0 Å². The van der Waals surface area contributed by atoms with Crippen molar-refractivity contribution >= 4 is 59.1 Å². The van der Waals surface area contributed by atoms with Crippen molar-refractivity contribution in [3.63, 3.8) is 0 Å². The number of amides is 1. The molecule has 1 amide bonds. The van der Waals surface area contributed by atoms with E-state index in [1.54, 1.807) is 18.2 Å². The SMILES string of the molecule is Cc1ccc(S(=O)(=O)NNC(=O)c2cc(Br)c(Br)s2)cc1. The zero-order valence-corrected chi connectivity index (χ0v) is 15.5. The molecule has 0 aliphatic heterocycles. The van der Waals surface area contributed by atoms with Crippen LogP contribution in [0.5, 0.6) is 0 Å². The molecule has 2 N–H and O–H groups in total. The van der Waals surface area contributed by atoms with Crippen LogP contribution >= 0.6 is 43.2 Å². The third-order valence-electron chi connectivity index (χ3n) is 2.50. The molecule has 0 bridgehead atoms. The summed E-state index contributed by atoms with van der Waals surface area (Å²) in [6, 6.07) is 7.92. The summed E-state index contributed by atoms with van der Waals surface area (Å²) in [7, 11) is -3.78. The number of carbonyl (C=O) groups is 1. The van der Waals surface area contributed by atoms with E-state index in [-0.39, 0.29) is 4.90 Å². The number of halogens is 2. The number of sulfonamides is 1. The highest BCUT2D eigenvalue weighted by atomic mass is 79.9. The van der Waals surface area contributed by atoms with E-state index in [1.165, 1.54) is 23.5 Å². The van der Waals surface area contributed by atoms with Gasteiger partial charge in [0.25, 0.3) is 15.9 Å². The van der Waals surface area contributed by atoms with Crippen LogP contribution in [0.1, 0.15) is 15.2 Å². The van der Waals surface area contributed by atoms with E-state index in [0.717, 1.165) is 13.8 Å². The van der Waals surface area contributed by atoms with E-state index < -0.39 is 15.9 Å². The van der Waals surface area contributed by atoms with Crippen LogP contribution in [-0.4, -0.2) is 14.3 Å². The van der Waals surface area contributed by atoms with Gasteiger partial charge in [-0.3, -0.25) is 10.2 Å². The second-order valence-electron chi connectivity index (χ2n) is 4.10. The second kappa shape index (κ2) is 6.57. The zero-order chi connectivity index (χ0) is 15.6. The molecule has 5 nitrogen and oxygen atoms in total. The van der Waals surface area contributed by atoms with Crippen molar-refractivity contribution in [2.24, 2.45) is 0 Å². The maximum Gasteiger partial charge on any atom is 0.276 e. The lowest BCUT2D eigenvalue weighted by atomic mass is 10.2. The molecule has 1 aromatic heterocycles. The summed E-state index contributed by atoms with van der Waals surface area (Å²) in [5, 5.41) is 0. The number of benzene rings is 1. The van der Waals surface area contributed by atoms with Crippen LogP contribution < -0.4 is 10.3 Å². The molecule has 2 aromatic rings. The molecule has 9 heteroatoms. The summed E-state index contributed by atoms with van der Waals surface area (Å²) in [6.45, 7) is 1.86. The number of carbonyl (C=O) groups excluding carboxylic acids is 1. The maximum absolute atomic E-state index is 12.0. The number of rotatable bonds is 4. The Balaban J connectivity index is 2.08. The minimum atomic E-state index is -3.78. The minimum Gasteiger partial charge on any atom is -0.273 e. The van der Waals surface area contributed by atoms with E-state index in [4.69, 9.17) is 0 Å². The summed E-state index contributed by atoms with van der Waals surface area (Å²) in [4.78, 5) is 14.4. The molecule has 1 aromatic carbocycles. The van der Waals surface area contributed by atoms with Crippen LogP contribution in [0.3, 0.4) is 0 Å². The molecule has 2 rings (SSSR count). The molecule has 0 spiro atoms. The monoisotopic (exact) mass is 452 g/mol. The standard InChI is InChI=1S/C12H10Br2N2O3S2/c1-7-2-4-8(5-3-7)21(18,19)16-15-12(17)10-6-9(13)11(14)20-10/h2-6,16H,1H3,(H,15,17). The Morgan fingerprint density at radius 1 is 1.19 bits per heavy atom. The van der Waals surface area contributed by atoms with Gasteiger partial charge in [0.1, 0.15) is 0 Å². The summed E-state index contributed by atoms with van der Waals surface area (Å²) < 4.78 is 25.5. The van der Waals surface area contributed by atoms with Crippen molar-refractivity contribution in [2.45, 2.75) is 11.8 Å². The average molecular weight is 454 g/mol. The van der Waals surface area contributed by atoms with Gasteiger partial charge in [0.2, 0.25) is 0 Å². The fraction of sp³-hybridized carbons (Fsp3) is 0.0833. The first-order valence-electron chi connectivity index (χ1n) is 5.63. The van der Waals surface area contributed by atoms with Crippen molar-refractivity contribution in [3.8, 4) is 0 Å². The van der Waals surface area contributed by atoms with Gasteiger partial charge in [-0.2, -0.15) is 0 Å². The van der Waals surface area contributed by atoms with Gasteiger partial charge < -0.3 is 0 Å². The van der Waals surface area contributed by atoms with E-state index in [0.29, 0.717) is 4.88 Å². The quantitative estimate of drug-likeness (QED) is 0.698. The molecule has 0 atom stereocenters. The second-order valence-corrected chi connectivity index (χ2v) is 9.01. The number of hydrogen-bond acceptors (Lipinski definition) is 4. The summed E-state index contributed by atoms with van der Waals surface area (Å²) >= 11 is 7.73. The number of thiophene rings is 1. The van der Waals surface area contributed by atoms with Crippen molar-refractivity contribution in [3.05, 3.63) is 49.0 Å². The Hall–Kier alpha value is -0.740. The first kappa shape index (κ1) is 16.6. The van der Waals surface area contributed by atoms with E-state index in [1.807, 2.05) is 6.92 Å². The molecule has 0 fully saturated rings. The third kappa shape index (κ3) is 4.13. The number of aryl methyl sites for hydroxylation is 1. The van der Waals surface area contributed by atoms with Gasteiger partial charge in [-0.05, 0) is 57.0 Å². The van der Waals surface area contributed by atoms with Crippen molar-refractivity contribution in [2.75, 3.05) is 0 Å². The van der Waals surface area contributed by atoms with Crippen molar-refractivity contribution in [1.82, 2.24) is 10.3 Å². The predicted molar refractivity (Wildman–Crippen MR) is 88.7 cm³/mol. The van der Waals surface area contributed by atoms with Crippen LogP contribution in [0, 0.1) is 6.92 Å². The van der Waals surface area contributed by atoms with Crippen LogP contribution in [0.4, 0.5) is 0 Å². The molecule has 0 aliphatic carbocycles. The van der Waals surface area contributed by atoms with Crippen LogP contribution in [0.25, 0.3) is 0 Å². The smallest absolute Gasteiger partial charge is 0.273 e. The van der Waals surface area contributed by atoms with Gasteiger partial charge >= 0.3 is 0 Å². The molecule has 21 heavy (non-hydrogen) atoms. The van der Waals surface area contributed by atoms with Gasteiger partial charge in [-0.15, -0.1) is 16.2 Å². The number of hydrazine groups is 1. The lowest BCUT2D eigenvalue weighted by molar-refractivity contribution is 0.0949. The summed E-state index contributed by atoms with van der Waals surface area (Å²) in [5.41, 5.74) is 3.13. The fourth-order valence-corrected chi connectivity index (χ4v) is 4.18. The molecule has 0 radical (unpaired) electrons. The largest absolute Gasteiger partial charge is 0.276 e. The minimum absolute atomic E-state index is 0.0851. The van der Waals surface area contributed by atoms with Gasteiger partial charge in [0.05, 0.1) is 13.6 Å². The maximum atomic E-state index is 12.0. The Kier molecular flexibility index (Phi) is 5.20. The lowest BCUT2D eigenvalue weighted by Crippen LogP contribution is -2.41. The highest BCUT2D eigenvalue weighted by Crippen LogP contribution is 2.32. The molecule has 0 unspecified atom stereocenters. The van der Waals surface area contributed by atoms with Gasteiger partial charge in [0, 0.05) is 4.47 Å². The Bertz CT molecular complexity index is 751. The van der Waals surface area contributed by atoms with Crippen LogP contribution in [0.15, 0.2) is 43.5 Å². The normalized spacial score (nSPS) is 11.4. The van der Waals surface area contributed by atoms with Gasteiger partial charge in [0.15, 0.2) is 0 Å². The molecule has 0 aliphatic rings.